The Kier molecular flexibility index (Phi) is 49.9. The Morgan fingerprint density at radius 3 is 1.18 bits per heavy atom. The van der Waals surface area contributed by atoms with E-state index in [2.05, 4.69) is 70.7 Å². The number of aliphatic carboxylic acids is 1. The fraction of sp³-hybridized carbons (Fsp3) is 0.716. The highest BCUT2D eigenvalue weighted by atomic mass is 16.4. The Bertz CT molecular complexity index is 2990. The predicted octanol–water partition coefficient (Wildman–Crippen LogP) is 0.169. The van der Waals surface area contributed by atoms with Gasteiger partial charge in [-0.3, -0.25) is 71.9 Å². The van der Waals surface area contributed by atoms with Crippen molar-refractivity contribution in [3.05, 3.63) is 29.8 Å². The van der Waals surface area contributed by atoms with Gasteiger partial charge in [-0.25, -0.2) is 0 Å². The maximum Gasteiger partial charge on any atom is 0.305 e. The Balaban J connectivity index is 3.48. The third-order valence-electron chi connectivity index (χ3n) is 17.8. The van der Waals surface area contributed by atoms with Crippen molar-refractivity contribution < 1.29 is 103 Å². The molecule has 0 fully saturated rings. The van der Waals surface area contributed by atoms with E-state index in [4.69, 9.17) is 5.73 Å². The van der Waals surface area contributed by atoms with E-state index in [-0.39, 0.29) is 50.2 Å². The first-order valence-electron chi connectivity index (χ1n) is 38.2. The predicted molar refractivity (Wildman–Crippen MR) is 399 cm³/mol. The number of carbonyl (C=O) groups excluding carboxylic acids is 14. The highest BCUT2D eigenvalue weighted by Gasteiger charge is 2.37. The number of unbranched alkanes of at least 4 members (excludes halogenated alkanes) is 15. The maximum atomic E-state index is 14.6. The first kappa shape index (κ1) is 97.1. The van der Waals surface area contributed by atoms with Gasteiger partial charge in [-0.1, -0.05) is 169 Å². The summed E-state index contributed by atoms with van der Waals surface area (Å²) in [5.41, 5.74) is 5.96. The van der Waals surface area contributed by atoms with Gasteiger partial charge in [0.25, 0.3) is 0 Å². The highest BCUT2D eigenvalue weighted by molar-refractivity contribution is 6.00. The highest BCUT2D eigenvalue weighted by Crippen LogP contribution is 2.17. The smallest absolute Gasteiger partial charge is 0.305 e. The van der Waals surface area contributed by atoms with Gasteiger partial charge >= 0.3 is 5.97 Å². The quantitative estimate of drug-likeness (QED) is 0.0387. The van der Waals surface area contributed by atoms with E-state index in [1.165, 1.54) is 62.8 Å². The lowest BCUT2D eigenvalue weighted by Gasteiger charge is -2.29. The topological polar surface area (TPSA) is 548 Å². The van der Waals surface area contributed by atoms with Crippen LogP contribution in [0.15, 0.2) is 24.3 Å². The number of hydrogen-bond donors (Lipinski definition) is 19. The molecule has 1 aromatic carbocycles. The van der Waals surface area contributed by atoms with Crippen molar-refractivity contribution in [1.29, 1.82) is 0 Å². The molecule has 20 N–H and O–H groups in total. The van der Waals surface area contributed by atoms with Crippen LogP contribution in [0.5, 0.6) is 5.75 Å². The zero-order valence-electron chi connectivity index (χ0n) is 64.3. The number of phenols is 1. The molecule has 0 heterocycles. The molecule has 34 heteroatoms. The minimum Gasteiger partial charge on any atom is -0.508 e. The Labute approximate surface area is 633 Å². The van der Waals surface area contributed by atoms with Gasteiger partial charge in [-0.05, 0) is 76.0 Å². The number of nitrogens with one attached hydrogen (secondary N) is 12. The summed E-state index contributed by atoms with van der Waals surface area (Å²) in [5, 5.41) is 89.4. The van der Waals surface area contributed by atoms with Gasteiger partial charge in [0.15, 0.2) is 5.78 Å². The molecule has 0 saturated heterocycles. The minimum atomic E-state index is -1.89. The fourth-order valence-electron chi connectivity index (χ4n) is 11.4. The lowest BCUT2D eigenvalue weighted by molar-refractivity contribution is -0.141. The van der Waals surface area contributed by atoms with Crippen LogP contribution >= 0.6 is 0 Å². The number of aliphatic hydroxyl groups excluding tert-OH is 4. The number of primary amides is 1. The van der Waals surface area contributed by atoms with Crippen molar-refractivity contribution in [3.8, 4) is 5.75 Å². The number of rotatable bonds is 60. The van der Waals surface area contributed by atoms with E-state index in [1.54, 1.807) is 20.8 Å². The molecule has 0 aliphatic rings. The largest absolute Gasteiger partial charge is 0.508 e. The van der Waals surface area contributed by atoms with Crippen LogP contribution < -0.4 is 69.5 Å². The summed E-state index contributed by atoms with van der Waals surface area (Å²) in [4.78, 5) is 202. The van der Waals surface area contributed by atoms with Gasteiger partial charge in [0.05, 0.1) is 44.9 Å². The molecule has 0 saturated carbocycles. The number of aliphatic hydroxyl groups is 4. The van der Waals surface area contributed by atoms with Crippen LogP contribution in [0.3, 0.4) is 0 Å². The molecule has 108 heavy (non-hydrogen) atoms. The number of phenolic OH excluding ortho intramolecular Hbond substituents is 1. The van der Waals surface area contributed by atoms with Gasteiger partial charge < -0.3 is 100 Å². The Morgan fingerprint density at radius 2 is 0.750 bits per heavy atom. The first-order chi connectivity index (χ1) is 51.3. The molecular formula is C74H125N13O21. The van der Waals surface area contributed by atoms with Crippen molar-refractivity contribution in [3.63, 3.8) is 0 Å². The molecule has 0 unspecified atom stereocenters. The summed E-state index contributed by atoms with van der Waals surface area (Å²) < 4.78 is 0. The molecule has 0 bridgehead atoms. The van der Waals surface area contributed by atoms with Crippen molar-refractivity contribution in [2.45, 2.75) is 308 Å². The van der Waals surface area contributed by atoms with Crippen molar-refractivity contribution in [2.75, 3.05) is 26.4 Å². The van der Waals surface area contributed by atoms with Crippen LogP contribution in [0.25, 0.3) is 0 Å². The number of Topliss-reactive ketones (excluding diaryl/α,β-unsaturated/α-hetero) is 1. The van der Waals surface area contributed by atoms with Gasteiger partial charge in [-0.2, -0.15) is 0 Å². The lowest BCUT2D eigenvalue weighted by atomic mass is 10.00. The standard InChI is InChI=1S/C74H125N13O21/c1-9-13-17-18-19-20-21-22-23-24-27-31-61(95)78-57(42-88)65(99)76-41-62(96)77-56(39-48-32-34-49(93)35-33-48)71(105)82-53(36-37-60(75)94)69(103)80-51(29-25-14-10-2)66(100)79-52(30-26-15-11-3)67(101)84-55(38-45(5)6)70(104)81-50(28-16-12-4)68(102)85-58(43-89)72(106)86-59(44-90)73(107)87-64(47(8)92)74(108)83-54(46(7)91)40-63(97)98/h32-35,45,47,50-59,64,88-90,92-93H,9-31,36-44H2,1-8H3,(H2,75,94)(H,76,99)(H,77,96)(H,78,95)(H,79,100)(H,80,103)(H,81,104)(H,82,105)(H,83,108)(H,84,101)(H,85,102)(H,86,106)(H,87,107)(H,97,98)/t47-,50+,51+,52+,53+,54+,55+,56+,57+,58+,59+,64+/m1/s1. The summed E-state index contributed by atoms with van der Waals surface area (Å²) in [5.74, 6) is -14.9. The van der Waals surface area contributed by atoms with E-state index in [1.807, 2.05) is 13.8 Å². The number of ketones is 1. The van der Waals surface area contributed by atoms with Crippen LogP contribution in [0.1, 0.15) is 234 Å². The molecule has 0 aliphatic heterocycles. The molecule has 1 rings (SSSR count). The molecule has 34 nitrogen and oxygen atoms in total. The zero-order chi connectivity index (χ0) is 81.3. The second kappa shape index (κ2) is 55.5. The van der Waals surface area contributed by atoms with Crippen molar-refractivity contribution in [2.24, 2.45) is 11.7 Å². The Morgan fingerprint density at radius 1 is 0.389 bits per heavy atom. The molecule has 0 radical (unpaired) electrons. The second-order valence-corrected chi connectivity index (χ2v) is 27.9. The van der Waals surface area contributed by atoms with E-state index >= 15 is 0 Å². The number of aromatic hydroxyl groups is 1. The summed E-state index contributed by atoms with van der Waals surface area (Å²) in [7, 11) is 0. The minimum absolute atomic E-state index is 0.0000500. The van der Waals surface area contributed by atoms with Gasteiger partial charge in [0, 0.05) is 19.3 Å². The molecule has 0 spiro atoms. The van der Waals surface area contributed by atoms with Crippen LogP contribution in [0, 0.1) is 5.92 Å². The zero-order valence-corrected chi connectivity index (χ0v) is 64.3. The number of benzene rings is 1. The van der Waals surface area contributed by atoms with E-state index < -0.39 is 207 Å². The second-order valence-electron chi connectivity index (χ2n) is 27.9. The first-order valence-corrected chi connectivity index (χ1v) is 38.2. The molecule has 13 amide bonds. The summed E-state index contributed by atoms with van der Waals surface area (Å²) in [6.07, 6.45) is 12.4. The number of carboxylic acids is 1. The molecule has 0 aromatic heterocycles. The average molecular weight is 1530 g/mol. The third kappa shape index (κ3) is 40.9. The van der Waals surface area contributed by atoms with Crippen LogP contribution in [-0.4, -0.2) is 218 Å². The fourth-order valence-corrected chi connectivity index (χ4v) is 11.4. The lowest BCUT2D eigenvalue weighted by Crippen LogP contribution is -2.62. The van der Waals surface area contributed by atoms with Gasteiger partial charge in [0.2, 0.25) is 76.8 Å². The molecule has 12 atom stereocenters. The molecule has 612 valence electrons. The number of nitrogens with two attached hydrogens (primary N) is 1. The molecular weight excluding hydrogens is 1410 g/mol. The van der Waals surface area contributed by atoms with E-state index in [0.29, 0.717) is 63.4 Å². The third-order valence-corrected chi connectivity index (χ3v) is 17.8. The summed E-state index contributed by atoms with van der Waals surface area (Å²) in [6.45, 7) is 9.60. The van der Waals surface area contributed by atoms with Crippen LogP contribution in [-0.2, 0) is 78.3 Å². The average Bonchev–Trinajstić information content (AvgIpc) is 0.847. The SMILES string of the molecule is CCCCCCCCCCCCCC(=O)N[C@@H](CO)C(=O)NCC(=O)N[C@@H](Cc1ccc(O)cc1)C(=O)N[C@@H](CCC(N)=O)C(=O)N[C@@H](CCCCC)C(=O)N[C@@H](CCCCC)C(=O)N[C@@H](CC(C)C)C(=O)N[C@@H](CCCC)C(=O)N[C@@H](CO)C(=O)N[C@@H](CO)C(=O)N[C@H](C(=O)N[C@@H](CC(=O)O)C(C)=O)[C@@H](C)O. The molecule has 1 aromatic rings. The summed E-state index contributed by atoms with van der Waals surface area (Å²) in [6, 6.07) is -11.6. The van der Waals surface area contributed by atoms with E-state index in [9.17, 15) is 103 Å². The van der Waals surface area contributed by atoms with Gasteiger partial charge in [0.1, 0.15) is 66.2 Å². The Hall–Kier alpha value is -8.89. The number of hydrogen-bond acceptors (Lipinski definition) is 20. The maximum absolute atomic E-state index is 14.6. The summed E-state index contributed by atoms with van der Waals surface area (Å²) >= 11 is 0. The molecule has 0 aliphatic carbocycles. The number of carboxylic acid groups (broad SMARTS) is 1. The number of carbonyl (C=O) groups is 15. The monoisotopic (exact) mass is 1530 g/mol. The van der Waals surface area contributed by atoms with Crippen molar-refractivity contribution >= 4 is 88.5 Å². The normalized spacial score (nSPS) is 14.5. The number of amides is 13. The van der Waals surface area contributed by atoms with Crippen molar-refractivity contribution in [1.82, 2.24) is 63.8 Å². The van der Waals surface area contributed by atoms with E-state index in [0.717, 1.165) is 39.5 Å². The van der Waals surface area contributed by atoms with Crippen LogP contribution in [0.4, 0.5) is 0 Å². The van der Waals surface area contributed by atoms with Crippen LogP contribution in [0.2, 0.25) is 0 Å². The van der Waals surface area contributed by atoms with Gasteiger partial charge in [-0.15, -0.1) is 0 Å².